The molecule has 0 bridgehead atoms. The highest BCUT2D eigenvalue weighted by Crippen LogP contribution is 2.27. The minimum atomic E-state index is -0.851. The zero-order chi connectivity index (χ0) is 10.0. The van der Waals surface area contributed by atoms with Crippen molar-refractivity contribution in [1.82, 2.24) is 4.90 Å². The third kappa shape index (κ3) is 1.66. The number of carboxylic acid groups (broad SMARTS) is 1. The van der Waals surface area contributed by atoms with E-state index >= 15 is 0 Å². The minimum Gasteiger partial charge on any atom is -0.481 e. The van der Waals surface area contributed by atoms with Crippen molar-refractivity contribution in [2.45, 2.75) is 32.7 Å². The van der Waals surface area contributed by atoms with Crippen LogP contribution < -0.4 is 0 Å². The maximum Gasteiger partial charge on any atom is 0.309 e. The molecule has 13 heavy (non-hydrogen) atoms. The Balaban J connectivity index is 2.81. The van der Waals surface area contributed by atoms with Crippen molar-refractivity contribution in [3.63, 3.8) is 0 Å². The molecular weight excluding hydrogens is 170 g/mol. The first-order valence-corrected chi connectivity index (χ1v) is 4.64. The number of hydrogen-bond donors (Lipinski definition) is 1. The van der Waals surface area contributed by atoms with Crippen molar-refractivity contribution >= 4 is 11.9 Å². The number of carboxylic acids is 1. The zero-order valence-corrected chi connectivity index (χ0v) is 7.99. The number of amides is 1. The maximum absolute atomic E-state index is 11.4. The van der Waals surface area contributed by atoms with Crippen molar-refractivity contribution in [3.8, 4) is 0 Å². The Morgan fingerprint density at radius 3 is 2.62 bits per heavy atom. The van der Waals surface area contributed by atoms with Gasteiger partial charge in [-0.25, -0.2) is 0 Å². The van der Waals surface area contributed by atoms with E-state index in [1.165, 1.54) is 0 Å². The lowest BCUT2D eigenvalue weighted by Gasteiger charge is -2.23. The van der Waals surface area contributed by atoms with Crippen LogP contribution in [0.4, 0.5) is 0 Å². The second kappa shape index (κ2) is 3.77. The van der Waals surface area contributed by atoms with E-state index in [1.54, 1.807) is 4.90 Å². The molecular formula is C9H15NO3. The summed E-state index contributed by atoms with van der Waals surface area (Å²) in [5.41, 5.74) is 0. The first-order chi connectivity index (χ1) is 6.11. The van der Waals surface area contributed by atoms with Gasteiger partial charge >= 0.3 is 5.97 Å². The third-order valence-electron chi connectivity index (χ3n) is 2.66. The van der Waals surface area contributed by atoms with Gasteiger partial charge in [-0.3, -0.25) is 9.59 Å². The molecule has 0 aliphatic carbocycles. The highest BCUT2D eigenvalue weighted by atomic mass is 16.4. The van der Waals surface area contributed by atoms with Crippen LogP contribution in [0, 0.1) is 5.92 Å². The molecule has 1 saturated heterocycles. The lowest BCUT2D eigenvalue weighted by atomic mass is 9.98. The Kier molecular flexibility index (Phi) is 2.90. The lowest BCUT2D eigenvalue weighted by molar-refractivity contribution is -0.142. The summed E-state index contributed by atoms with van der Waals surface area (Å²) in [6.07, 6.45) is 0.887. The molecule has 1 aliphatic rings. The summed E-state index contributed by atoms with van der Waals surface area (Å²) in [5.74, 6) is -1.38. The molecule has 2 unspecified atom stereocenters. The molecule has 1 amide bonds. The Bertz CT molecular complexity index is 227. The van der Waals surface area contributed by atoms with Crippen LogP contribution in [0.3, 0.4) is 0 Å². The van der Waals surface area contributed by atoms with Gasteiger partial charge in [0.15, 0.2) is 0 Å². The summed E-state index contributed by atoms with van der Waals surface area (Å²) in [7, 11) is 0. The standard InChI is InChI=1S/C9H15NO3/c1-3-7-6(9(12)13)5-8(11)10(7)4-2/h6-7H,3-5H2,1-2H3,(H,12,13). The van der Waals surface area contributed by atoms with Crippen molar-refractivity contribution in [2.75, 3.05) is 6.54 Å². The van der Waals surface area contributed by atoms with Gasteiger partial charge in [-0.1, -0.05) is 6.92 Å². The molecule has 1 heterocycles. The van der Waals surface area contributed by atoms with Gasteiger partial charge in [0, 0.05) is 19.0 Å². The van der Waals surface area contributed by atoms with E-state index < -0.39 is 11.9 Å². The molecule has 4 nitrogen and oxygen atoms in total. The molecule has 0 spiro atoms. The van der Waals surface area contributed by atoms with Gasteiger partial charge in [0.2, 0.25) is 5.91 Å². The monoisotopic (exact) mass is 185 g/mol. The SMILES string of the molecule is CCC1C(C(=O)O)CC(=O)N1CC. The molecule has 0 aromatic heterocycles. The van der Waals surface area contributed by atoms with E-state index in [-0.39, 0.29) is 18.4 Å². The van der Waals surface area contributed by atoms with Crippen LogP contribution in [0.25, 0.3) is 0 Å². The van der Waals surface area contributed by atoms with Gasteiger partial charge in [0.25, 0.3) is 0 Å². The van der Waals surface area contributed by atoms with E-state index in [0.717, 1.165) is 6.42 Å². The summed E-state index contributed by atoms with van der Waals surface area (Å²) in [5, 5.41) is 8.87. The fraction of sp³-hybridized carbons (Fsp3) is 0.778. The Hall–Kier alpha value is -1.06. The van der Waals surface area contributed by atoms with Crippen LogP contribution in [0.15, 0.2) is 0 Å². The molecule has 0 aromatic carbocycles. The average Bonchev–Trinajstić information content (AvgIpc) is 2.41. The summed E-state index contributed by atoms with van der Waals surface area (Å²) >= 11 is 0. The number of likely N-dealkylation sites (tertiary alicyclic amines) is 1. The van der Waals surface area contributed by atoms with E-state index in [4.69, 9.17) is 5.11 Å². The third-order valence-corrected chi connectivity index (χ3v) is 2.66. The summed E-state index contributed by atoms with van der Waals surface area (Å²) in [6.45, 7) is 4.41. The quantitative estimate of drug-likeness (QED) is 0.704. The van der Waals surface area contributed by atoms with E-state index in [1.807, 2.05) is 13.8 Å². The van der Waals surface area contributed by atoms with Crippen molar-refractivity contribution in [2.24, 2.45) is 5.92 Å². The fourth-order valence-corrected chi connectivity index (χ4v) is 2.01. The van der Waals surface area contributed by atoms with Gasteiger partial charge in [0.05, 0.1) is 5.92 Å². The largest absolute Gasteiger partial charge is 0.481 e. The first kappa shape index (κ1) is 10.0. The lowest BCUT2D eigenvalue weighted by Crippen LogP contribution is -2.36. The molecule has 1 fully saturated rings. The fourth-order valence-electron chi connectivity index (χ4n) is 2.01. The number of aliphatic carboxylic acids is 1. The van der Waals surface area contributed by atoms with Crippen molar-refractivity contribution in [3.05, 3.63) is 0 Å². The van der Waals surface area contributed by atoms with Crippen LogP contribution in [0.5, 0.6) is 0 Å². The minimum absolute atomic E-state index is 0.0262. The van der Waals surface area contributed by atoms with Crippen LogP contribution in [-0.4, -0.2) is 34.5 Å². The molecule has 1 N–H and O–H groups in total. The molecule has 0 aromatic rings. The molecule has 1 aliphatic heterocycles. The summed E-state index contributed by atoms with van der Waals surface area (Å²) in [4.78, 5) is 23.8. The predicted molar refractivity (Wildman–Crippen MR) is 47.2 cm³/mol. The Labute approximate surface area is 77.5 Å². The average molecular weight is 185 g/mol. The molecule has 1 rings (SSSR count). The van der Waals surface area contributed by atoms with Crippen LogP contribution in [0.1, 0.15) is 26.7 Å². The number of carbonyl (C=O) groups is 2. The molecule has 2 atom stereocenters. The number of carbonyl (C=O) groups excluding carboxylic acids is 1. The molecule has 0 radical (unpaired) electrons. The second-order valence-electron chi connectivity index (χ2n) is 3.30. The summed E-state index contributed by atoms with van der Waals surface area (Å²) in [6, 6.07) is -0.102. The molecule has 4 heteroatoms. The Morgan fingerprint density at radius 1 is 1.62 bits per heavy atom. The summed E-state index contributed by atoms with van der Waals surface area (Å²) < 4.78 is 0. The second-order valence-corrected chi connectivity index (χ2v) is 3.30. The van der Waals surface area contributed by atoms with Crippen LogP contribution in [0.2, 0.25) is 0 Å². The van der Waals surface area contributed by atoms with Crippen LogP contribution >= 0.6 is 0 Å². The predicted octanol–water partition coefficient (Wildman–Crippen LogP) is 0.718. The topological polar surface area (TPSA) is 57.6 Å². The molecule has 0 saturated carbocycles. The van der Waals surface area contributed by atoms with Gasteiger partial charge < -0.3 is 10.0 Å². The van der Waals surface area contributed by atoms with E-state index in [9.17, 15) is 9.59 Å². The zero-order valence-electron chi connectivity index (χ0n) is 7.99. The number of nitrogens with zero attached hydrogens (tertiary/aromatic N) is 1. The smallest absolute Gasteiger partial charge is 0.309 e. The highest BCUT2D eigenvalue weighted by Gasteiger charge is 2.41. The highest BCUT2D eigenvalue weighted by molar-refractivity contribution is 5.86. The van der Waals surface area contributed by atoms with Gasteiger partial charge in [-0.15, -0.1) is 0 Å². The number of hydrogen-bond acceptors (Lipinski definition) is 2. The van der Waals surface area contributed by atoms with Crippen molar-refractivity contribution < 1.29 is 14.7 Å². The normalized spacial score (nSPS) is 28.2. The van der Waals surface area contributed by atoms with Gasteiger partial charge in [-0.05, 0) is 13.3 Å². The van der Waals surface area contributed by atoms with Crippen molar-refractivity contribution in [1.29, 1.82) is 0 Å². The first-order valence-electron chi connectivity index (χ1n) is 4.64. The molecule has 74 valence electrons. The van der Waals surface area contributed by atoms with E-state index in [2.05, 4.69) is 0 Å². The van der Waals surface area contributed by atoms with Gasteiger partial charge in [-0.2, -0.15) is 0 Å². The van der Waals surface area contributed by atoms with Gasteiger partial charge in [0.1, 0.15) is 0 Å². The number of rotatable bonds is 3. The van der Waals surface area contributed by atoms with Crippen LogP contribution in [-0.2, 0) is 9.59 Å². The Morgan fingerprint density at radius 2 is 2.23 bits per heavy atom. The maximum atomic E-state index is 11.4. The van der Waals surface area contributed by atoms with E-state index in [0.29, 0.717) is 6.54 Å².